The van der Waals surface area contributed by atoms with Crippen LogP contribution in [-0.4, -0.2) is 52.6 Å². The van der Waals surface area contributed by atoms with Gasteiger partial charge in [0, 0.05) is 13.0 Å². The van der Waals surface area contributed by atoms with Crippen molar-refractivity contribution in [2.24, 2.45) is 17.4 Å². The Bertz CT molecular complexity index is 577. The van der Waals surface area contributed by atoms with E-state index in [1.807, 2.05) is 13.8 Å². The molecule has 0 unspecified atom stereocenters. The largest absolute Gasteiger partial charge is 0.367 e. The highest BCUT2D eigenvalue weighted by atomic mass is 16.2. The molecule has 8 heteroatoms. The molecule has 2 aliphatic rings. The van der Waals surface area contributed by atoms with Gasteiger partial charge in [0.05, 0.1) is 12.1 Å². The topological polar surface area (TPSA) is 136 Å². The van der Waals surface area contributed by atoms with Crippen molar-refractivity contribution in [3.63, 3.8) is 0 Å². The molecular formula is C17H28N4O4. The van der Waals surface area contributed by atoms with Crippen LogP contribution in [0.1, 0.15) is 52.4 Å². The average Bonchev–Trinajstić information content (AvgIpc) is 2.98. The molecule has 5 N–H and O–H groups in total. The van der Waals surface area contributed by atoms with Gasteiger partial charge in [-0.25, -0.2) is 0 Å². The number of primary amides is 1. The lowest BCUT2D eigenvalue weighted by Crippen LogP contribution is -2.67. The minimum absolute atomic E-state index is 0.174. The number of hydrogen-bond donors (Lipinski definition) is 3. The van der Waals surface area contributed by atoms with Crippen LogP contribution in [0.2, 0.25) is 0 Å². The van der Waals surface area contributed by atoms with E-state index in [4.69, 9.17) is 11.5 Å². The third-order valence-electron chi connectivity index (χ3n) is 5.05. The van der Waals surface area contributed by atoms with Gasteiger partial charge in [-0.2, -0.15) is 0 Å². The van der Waals surface area contributed by atoms with Gasteiger partial charge in [0.15, 0.2) is 11.3 Å². The Morgan fingerprint density at radius 1 is 1.32 bits per heavy atom. The molecule has 0 aromatic carbocycles. The SMILES string of the molecule is CC(C)C[C@H](N)C(=O)N1CCC[C@]1(C(N)=O)C(=O)[C@@H]1CCCC(=O)N1. The first kappa shape index (κ1) is 19.4. The van der Waals surface area contributed by atoms with Crippen molar-refractivity contribution in [3.8, 4) is 0 Å². The Morgan fingerprint density at radius 3 is 2.56 bits per heavy atom. The summed E-state index contributed by atoms with van der Waals surface area (Å²) in [7, 11) is 0. The molecule has 0 bridgehead atoms. The standard InChI is InChI=1S/C17H28N4O4/c1-10(2)9-11(18)15(24)21-8-4-7-17(21,16(19)25)14(23)12-5-3-6-13(22)20-12/h10-12H,3-9,18H2,1-2H3,(H2,19,25)(H,20,22)/t11-,12-,17+/m0/s1. The first-order chi connectivity index (χ1) is 11.7. The van der Waals surface area contributed by atoms with Crippen molar-refractivity contribution in [3.05, 3.63) is 0 Å². The first-order valence-electron chi connectivity index (χ1n) is 8.90. The molecule has 25 heavy (non-hydrogen) atoms. The Kier molecular flexibility index (Phi) is 5.82. The smallest absolute Gasteiger partial charge is 0.251 e. The van der Waals surface area contributed by atoms with Gasteiger partial charge in [-0.05, 0) is 38.0 Å². The maximum absolute atomic E-state index is 13.1. The van der Waals surface area contributed by atoms with Gasteiger partial charge in [0.25, 0.3) is 5.91 Å². The third kappa shape index (κ3) is 3.68. The van der Waals surface area contributed by atoms with E-state index in [2.05, 4.69) is 5.32 Å². The van der Waals surface area contributed by atoms with Crippen LogP contribution in [0.4, 0.5) is 0 Å². The van der Waals surface area contributed by atoms with Gasteiger partial charge < -0.3 is 21.7 Å². The third-order valence-corrected chi connectivity index (χ3v) is 5.05. The summed E-state index contributed by atoms with van der Waals surface area (Å²) in [5, 5.41) is 2.63. The number of amides is 3. The van der Waals surface area contributed by atoms with Crippen molar-refractivity contribution in [1.29, 1.82) is 0 Å². The number of nitrogens with zero attached hydrogens (tertiary/aromatic N) is 1. The van der Waals surface area contributed by atoms with E-state index < -0.39 is 35.2 Å². The maximum atomic E-state index is 13.1. The molecule has 2 rings (SSSR count). The van der Waals surface area contributed by atoms with E-state index in [0.717, 1.165) is 0 Å². The van der Waals surface area contributed by atoms with Gasteiger partial charge in [-0.1, -0.05) is 13.8 Å². The van der Waals surface area contributed by atoms with E-state index in [0.29, 0.717) is 32.1 Å². The molecular weight excluding hydrogens is 324 g/mol. The molecule has 2 heterocycles. The van der Waals surface area contributed by atoms with Crippen molar-refractivity contribution in [2.45, 2.75) is 70.0 Å². The summed E-state index contributed by atoms with van der Waals surface area (Å²) in [4.78, 5) is 51.1. The molecule has 0 radical (unpaired) electrons. The summed E-state index contributed by atoms with van der Waals surface area (Å²) in [6, 6.07) is -1.57. The first-order valence-corrected chi connectivity index (χ1v) is 8.90. The molecule has 140 valence electrons. The summed E-state index contributed by atoms with van der Waals surface area (Å²) >= 11 is 0. The van der Waals surface area contributed by atoms with Crippen LogP contribution in [0.15, 0.2) is 0 Å². The molecule has 0 aromatic heterocycles. The van der Waals surface area contributed by atoms with E-state index >= 15 is 0 Å². The van der Waals surface area contributed by atoms with Crippen molar-refractivity contribution in [2.75, 3.05) is 6.54 Å². The number of carbonyl (C=O) groups is 4. The molecule has 8 nitrogen and oxygen atoms in total. The number of rotatable bonds is 6. The van der Waals surface area contributed by atoms with Crippen molar-refractivity contribution in [1.82, 2.24) is 10.2 Å². The minimum atomic E-state index is -1.71. The number of ketones is 1. The van der Waals surface area contributed by atoms with Gasteiger partial charge in [0.1, 0.15) is 0 Å². The van der Waals surface area contributed by atoms with E-state index in [9.17, 15) is 19.2 Å². The van der Waals surface area contributed by atoms with Gasteiger partial charge in [-0.3, -0.25) is 19.2 Å². The van der Waals surface area contributed by atoms with Crippen molar-refractivity contribution < 1.29 is 19.2 Å². The highest BCUT2D eigenvalue weighted by Gasteiger charge is 2.56. The second-order valence-electron chi connectivity index (χ2n) is 7.43. The van der Waals surface area contributed by atoms with Crippen LogP contribution >= 0.6 is 0 Å². The Hall–Kier alpha value is -1.96. The highest BCUT2D eigenvalue weighted by Crippen LogP contribution is 2.33. The number of carbonyl (C=O) groups excluding carboxylic acids is 4. The fraction of sp³-hybridized carbons (Fsp3) is 0.765. The van der Waals surface area contributed by atoms with Crippen LogP contribution in [0, 0.1) is 5.92 Å². The van der Waals surface area contributed by atoms with Crippen LogP contribution in [0.25, 0.3) is 0 Å². The maximum Gasteiger partial charge on any atom is 0.251 e. The van der Waals surface area contributed by atoms with Crippen LogP contribution < -0.4 is 16.8 Å². The predicted octanol–water partition coefficient (Wildman–Crippen LogP) is -0.556. The number of Topliss-reactive ketones (excluding diaryl/α,β-unsaturated/α-hetero) is 1. The van der Waals surface area contributed by atoms with Crippen molar-refractivity contribution >= 4 is 23.5 Å². The molecule has 3 amide bonds. The average molecular weight is 352 g/mol. The monoisotopic (exact) mass is 352 g/mol. The minimum Gasteiger partial charge on any atom is -0.367 e. The highest BCUT2D eigenvalue weighted by molar-refractivity contribution is 6.15. The van der Waals surface area contributed by atoms with Crippen LogP contribution in [0.3, 0.4) is 0 Å². The molecule has 0 aromatic rings. The van der Waals surface area contributed by atoms with E-state index in [1.54, 1.807) is 0 Å². The van der Waals surface area contributed by atoms with E-state index in [1.165, 1.54) is 4.90 Å². The Balaban J connectivity index is 2.30. The Morgan fingerprint density at radius 2 is 2.00 bits per heavy atom. The molecule has 2 aliphatic heterocycles. The lowest BCUT2D eigenvalue weighted by molar-refractivity contribution is -0.153. The molecule has 0 aliphatic carbocycles. The number of piperidine rings is 1. The van der Waals surface area contributed by atoms with E-state index in [-0.39, 0.29) is 24.8 Å². The van der Waals surface area contributed by atoms with Crippen LogP contribution in [-0.2, 0) is 19.2 Å². The summed E-state index contributed by atoms with van der Waals surface area (Å²) in [6.45, 7) is 4.16. The zero-order valence-electron chi connectivity index (χ0n) is 14.9. The van der Waals surface area contributed by atoms with Gasteiger partial charge >= 0.3 is 0 Å². The summed E-state index contributed by atoms with van der Waals surface area (Å²) < 4.78 is 0. The second kappa shape index (κ2) is 7.51. The summed E-state index contributed by atoms with van der Waals surface area (Å²) in [5.41, 5.74) is 9.89. The normalized spacial score (nSPS) is 27.9. The lowest BCUT2D eigenvalue weighted by Gasteiger charge is -2.39. The zero-order chi connectivity index (χ0) is 18.8. The summed E-state index contributed by atoms with van der Waals surface area (Å²) in [5.74, 6) is -1.79. The number of likely N-dealkylation sites (tertiary alicyclic amines) is 1. The number of hydrogen-bond acceptors (Lipinski definition) is 5. The summed E-state index contributed by atoms with van der Waals surface area (Å²) in [6.07, 6.45) is 2.49. The molecule has 3 atom stereocenters. The number of nitrogens with two attached hydrogens (primary N) is 2. The number of nitrogens with one attached hydrogen (secondary N) is 1. The zero-order valence-corrected chi connectivity index (χ0v) is 14.9. The quantitative estimate of drug-likeness (QED) is 0.551. The van der Waals surface area contributed by atoms with Crippen LogP contribution in [0.5, 0.6) is 0 Å². The van der Waals surface area contributed by atoms with Gasteiger partial charge in [-0.15, -0.1) is 0 Å². The Labute approximate surface area is 147 Å². The molecule has 0 saturated carbocycles. The molecule has 0 spiro atoms. The molecule has 2 saturated heterocycles. The lowest BCUT2D eigenvalue weighted by atomic mass is 9.82. The fourth-order valence-electron chi connectivity index (χ4n) is 3.85. The van der Waals surface area contributed by atoms with Gasteiger partial charge in [0.2, 0.25) is 11.8 Å². The second-order valence-corrected chi connectivity index (χ2v) is 7.43. The predicted molar refractivity (Wildman–Crippen MR) is 91.1 cm³/mol. The fourth-order valence-corrected chi connectivity index (χ4v) is 3.85. The molecule has 2 fully saturated rings.